The van der Waals surface area contributed by atoms with Crippen molar-refractivity contribution in [2.24, 2.45) is 5.73 Å². The number of nitrogens with one attached hydrogen (secondary N) is 2. The Kier molecular flexibility index (Phi) is 9.68. The van der Waals surface area contributed by atoms with Gasteiger partial charge in [0.15, 0.2) is 11.5 Å². The van der Waals surface area contributed by atoms with Crippen LogP contribution in [0.15, 0.2) is 18.2 Å². The molecule has 3 fully saturated rings. The molecule has 1 amide bonds. The molecule has 2 saturated heterocycles. The summed E-state index contributed by atoms with van der Waals surface area (Å²) >= 11 is 1.97. The van der Waals surface area contributed by atoms with E-state index in [1.807, 2.05) is 23.6 Å². The zero-order valence-electron chi connectivity index (χ0n) is 23.9. The van der Waals surface area contributed by atoms with Crippen LogP contribution in [-0.4, -0.2) is 81.8 Å². The number of aliphatic hydroxyl groups excluding tert-OH is 1. The number of aromatic nitrogens is 2. The molecule has 9 nitrogen and oxygen atoms in total. The number of carbonyl (C=O) groups is 1. The summed E-state index contributed by atoms with van der Waals surface area (Å²) in [6.45, 7) is 4.42. The molecular weight excluding hydrogens is 567 g/mol. The second kappa shape index (κ2) is 13.3. The van der Waals surface area contributed by atoms with E-state index >= 15 is 0 Å². The molecule has 0 unspecified atom stereocenters. The van der Waals surface area contributed by atoms with Crippen molar-refractivity contribution in [1.82, 2.24) is 14.9 Å². The SMILES string of the molecule is CCc1nc(C(N)=O)c(Nc2ccc(N3CCN(C4CCSCC4)CC3)c(C(F)(F)F)c2)nc1NC1CCC(O)CC1. The van der Waals surface area contributed by atoms with Crippen LogP contribution in [-0.2, 0) is 12.6 Å². The number of hydrogen-bond donors (Lipinski definition) is 4. The van der Waals surface area contributed by atoms with Gasteiger partial charge in [0.25, 0.3) is 5.91 Å². The zero-order valence-corrected chi connectivity index (χ0v) is 24.7. The molecule has 3 aliphatic rings. The van der Waals surface area contributed by atoms with Crippen molar-refractivity contribution in [3.8, 4) is 0 Å². The van der Waals surface area contributed by atoms with Crippen LogP contribution in [0.1, 0.15) is 67.2 Å². The Morgan fingerprint density at radius 2 is 1.74 bits per heavy atom. The van der Waals surface area contributed by atoms with Crippen molar-refractivity contribution < 1.29 is 23.1 Å². The van der Waals surface area contributed by atoms with Crippen molar-refractivity contribution in [2.45, 2.75) is 76.2 Å². The third kappa shape index (κ3) is 7.23. The van der Waals surface area contributed by atoms with Crippen molar-refractivity contribution in [3.63, 3.8) is 0 Å². The number of alkyl halides is 3. The van der Waals surface area contributed by atoms with Crippen LogP contribution in [0.5, 0.6) is 0 Å². The number of aliphatic hydroxyl groups is 1. The molecule has 1 saturated carbocycles. The zero-order chi connectivity index (χ0) is 29.9. The van der Waals surface area contributed by atoms with Gasteiger partial charge in [-0.2, -0.15) is 24.9 Å². The number of halogens is 3. The number of benzene rings is 1. The lowest BCUT2D eigenvalue weighted by Gasteiger charge is -2.42. The Hall–Kier alpha value is -2.77. The van der Waals surface area contributed by atoms with Crippen molar-refractivity contribution in [2.75, 3.05) is 53.2 Å². The van der Waals surface area contributed by atoms with Gasteiger partial charge in [0.1, 0.15) is 5.82 Å². The van der Waals surface area contributed by atoms with Gasteiger partial charge in [-0.3, -0.25) is 9.69 Å². The molecule has 13 heteroatoms. The largest absolute Gasteiger partial charge is 0.418 e. The summed E-state index contributed by atoms with van der Waals surface area (Å²) in [7, 11) is 0. The van der Waals surface area contributed by atoms with Gasteiger partial charge < -0.3 is 26.4 Å². The number of carbonyl (C=O) groups excluding carboxylic acids is 1. The molecule has 5 N–H and O–H groups in total. The lowest BCUT2D eigenvalue weighted by molar-refractivity contribution is -0.137. The van der Waals surface area contributed by atoms with Crippen molar-refractivity contribution >= 4 is 40.7 Å². The third-order valence-corrected chi connectivity index (χ3v) is 9.55. The molecule has 1 aromatic carbocycles. The summed E-state index contributed by atoms with van der Waals surface area (Å²) in [5.41, 5.74) is 5.56. The highest BCUT2D eigenvalue weighted by Crippen LogP contribution is 2.39. The quantitative estimate of drug-likeness (QED) is 0.341. The van der Waals surface area contributed by atoms with E-state index in [0.29, 0.717) is 49.9 Å². The van der Waals surface area contributed by atoms with E-state index in [0.717, 1.165) is 56.3 Å². The van der Waals surface area contributed by atoms with Crippen molar-refractivity contribution in [3.05, 3.63) is 35.2 Å². The summed E-state index contributed by atoms with van der Waals surface area (Å²) in [6, 6.07) is 4.71. The van der Waals surface area contributed by atoms with Gasteiger partial charge in [0, 0.05) is 49.6 Å². The van der Waals surface area contributed by atoms with Gasteiger partial charge in [-0.25, -0.2) is 9.97 Å². The fourth-order valence-electron chi connectivity index (χ4n) is 6.14. The predicted molar refractivity (Wildman–Crippen MR) is 161 cm³/mol. The number of amides is 1. The summed E-state index contributed by atoms with van der Waals surface area (Å²) in [4.78, 5) is 25.5. The second-order valence-corrected chi connectivity index (χ2v) is 12.5. The Morgan fingerprint density at radius 3 is 2.36 bits per heavy atom. The Labute approximate surface area is 248 Å². The number of aryl methyl sites for hydroxylation is 1. The minimum absolute atomic E-state index is 0.00169. The maximum absolute atomic E-state index is 14.4. The molecular formula is C29H40F3N7O2S. The normalized spacial score (nSPS) is 22.6. The van der Waals surface area contributed by atoms with E-state index in [1.54, 1.807) is 6.07 Å². The monoisotopic (exact) mass is 607 g/mol. The maximum Gasteiger partial charge on any atom is 0.418 e. The number of anilines is 4. The minimum Gasteiger partial charge on any atom is -0.393 e. The standard InChI is InChI=1S/C29H40F3N7O2S/c1-2-23-27(34-18-3-6-21(40)7-4-18)37-28(25(36-23)26(33)41)35-19-5-8-24(22(17-19)29(30,31)32)39-13-11-38(12-14-39)20-9-15-42-16-10-20/h5,8,17-18,20-21,40H,2-4,6-7,9-16H2,1H3,(H2,33,41)(H2,34,35,37). The molecule has 0 radical (unpaired) electrons. The first kappa shape index (κ1) is 30.7. The number of piperazine rings is 1. The molecule has 2 aromatic rings. The molecule has 42 heavy (non-hydrogen) atoms. The minimum atomic E-state index is -4.58. The number of hydrogen-bond acceptors (Lipinski definition) is 9. The Balaban J connectivity index is 1.38. The number of thioether (sulfide) groups is 1. The van der Waals surface area contributed by atoms with Crippen LogP contribution in [0.25, 0.3) is 0 Å². The first-order chi connectivity index (χ1) is 20.1. The van der Waals surface area contributed by atoms with Gasteiger partial charge in [-0.15, -0.1) is 0 Å². The molecule has 0 bridgehead atoms. The fraction of sp³-hybridized carbons (Fsp3) is 0.621. The van der Waals surface area contributed by atoms with Gasteiger partial charge >= 0.3 is 6.18 Å². The Morgan fingerprint density at radius 1 is 1.05 bits per heavy atom. The van der Waals surface area contributed by atoms with Crippen molar-refractivity contribution in [1.29, 1.82) is 0 Å². The topological polar surface area (TPSA) is 120 Å². The van der Waals surface area contributed by atoms with Crippen LogP contribution in [0, 0.1) is 0 Å². The first-order valence-corrected chi connectivity index (χ1v) is 16.0. The predicted octanol–water partition coefficient (Wildman–Crippen LogP) is 4.63. The molecule has 5 rings (SSSR count). The van der Waals surface area contributed by atoms with Crippen LogP contribution in [0.2, 0.25) is 0 Å². The summed E-state index contributed by atoms with van der Waals surface area (Å²) in [5, 5.41) is 16.1. The summed E-state index contributed by atoms with van der Waals surface area (Å²) in [6.07, 6.45) is 0.674. The fourth-order valence-corrected chi connectivity index (χ4v) is 7.22. The van der Waals surface area contributed by atoms with Crippen LogP contribution >= 0.6 is 11.8 Å². The molecule has 1 aromatic heterocycles. The van der Waals surface area contributed by atoms with Crippen LogP contribution in [0.4, 0.5) is 36.2 Å². The highest BCUT2D eigenvalue weighted by molar-refractivity contribution is 7.99. The van der Waals surface area contributed by atoms with Gasteiger partial charge in [-0.1, -0.05) is 6.92 Å². The summed E-state index contributed by atoms with van der Waals surface area (Å²) in [5.74, 6) is 1.91. The smallest absolute Gasteiger partial charge is 0.393 e. The lowest BCUT2D eigenvalue weighted by atomic mass is 9.93. The number of primary amides is 1. The van der Waals surface area contributed by atoms with Gasteiger partial charge in [-0.05, 0) is 74.7 Å². The maximum atomic E-state index is 14.4. The third-order valence-electron chi connectivity index (χ3n) is 8.50. The molecule has 1 aliphatic carbocycles. The molecule has 2 aliphatic heterocycles. The van der Waals surface area contributed by atoms with Crippen LogP contribution in [0.3, 0.4) is 0 Å². The van der Waals surface area contributed by atoms with Crippen LogP contribution < -0.4 is 21.3 Å². The van der Waals surface area contributed by atoms with Gasteiger partial charge in [0.2, 0.25) is 0 Å². The van der Waals surface area contributed by atoms with E-state index in [4.69, 9.17) is 5.73 Å². The molecule has 0 atom stereocenters. The van der Waals surface area contributed by atoms with Gasteiger partial charge in [0.05, 0.1) is 17.4 Å². The van der Waals surface area contributed by atoms with E-state index < -0.39 is 17.6 Å². The van der Waals surface area contributed by atoms with E-state index in [1.165, 1.54) is 6.07 Å². The average molecular weight is 608 g/mol. The number of nitrogens with zero attached hydrogens (tertiary/aromatic N) is 4. The second-order valence-electron chi connectivity index (χ2n) is 11.3. The number of rotatable bonds is 8. The number of nitrogens with two attached hydrogens (primary N) is 1. The summed E-state index contributed by atoms with van der Waals surface area (Å²) < 4.78 is 43.1. The Bertz CT molecular complexity index is 1240. The highest BCUT2D eigenvalue weighted by atomic mass is 32.2. The van der Waals surface area contributed by atoms with E-state index in [2.05, 4.69) is 25.5 Å². The molecule has 3 heterocycles. The molecule has 230 valence electrons. The van der Waals surface area contributed by atoms with E-state index in [9.17, 15) is 23.1 Å². The first-order valence-electron chi connectivity index (χ1n) is 14.8. The highest BCUT2D eigenvalue weighted by Gasteiger charge is 2.36. The lowest BCUT2D eigenvalue weighted by Crippen LogP contribution is -2.51. The van der Waals surface area contributed by atoms with E-state index in [-0.39, 0.29) is 35.0 Å². The molecule has 0 spiro atoms. The average Bonchev–Trinajstić information content (AvgIpc) is 2.98.